The lowest BCUT2D eigenvalue weighted by Gasteiger charge is -2.31. The van der Waals surface area contributed by atoms with Gasteiger partial charge in [-0.3, -0.25) is 4.90 Å². The van der Waals surface area contributed by atoms with Crippen molar-refractivity contribution in [1.29, 1.82) is 0 Å². The van der Waals surface area contributed by atoms with E-state index in [4.69, 9.17) is 0 Å². The van der Waals surface area contributed by atoms with Crippen LogP contribution in [0.2, 0.25) is 0 Å². The Hall–Kier alpha value is -1.64. The van der Waals surface area contributed by atoms with Crippen molar-refractivity contribution in [2.75, 3.05) is 19.6 Å². The Morgan fingerprint density at radius 2 is 1.63 bits per heavy atom. The fraction of sp³-hybridized carbons (Fsp3) is 0.294. The molecular formula is C17H21N2+. The molecule has 0 aliphatic carbocycles. The summed E-state index contributed by atoms with van der Waals surface area (Å²) in [5.41, 5.74) is 2.86. The molecule has 1 aliphatic rings. The van der Waals surface area contributed by atoms with E-state index < -0.39 is 0 Å². The predicted molar refractivity (Wildman–Crippen MR) is 77.7 cm³/mol. The molecule has 98 valence electrons. The van der Waals surface area contributed by atoms with Gasteiger partial charge in [-0.2, -0.15) is 0 Å². The van der Waals surface area contributed by atoms with E-state index in [1.165, 1.54) is 24.2 Å². The highest BCUT2D eigenvalue weighted by molar-refractivity contribution is 5.18. The third kappa shape index (κ3) is 3.22. The molecule has 3 rings (SSSR count). The summed E-state index contributed by atoms with van der Waals surface area (Å²) in [4.78, 5) is 2.56. The van der Waals surface area contributed by atoms with Crippen LogP contribution in [0.5, 0.6) is 0 Å². The van der Waals surface area contributed by atoms with Crippen LogP contribution >= 0.6 is 0 Å². The molecule has 1 saturated heterocycles. The first-order valence-electron chi connectivity index (χ1n) is 7.06. The Balaban J connectivity index is 1.65. The molecular weight excluding hydrogens is 232 g/mol. The van der Waals surface area contributed by atoms with E-state index in [0.717, 1.165) is 13.1 Å². The van der Waals surface area contributed by atoms with Gasteiger partial charge in [0.25, 0.3) is 0 Å². The molecule has 19 heavy (non-hydrogen) atoms. The summed E-state index contributed by atoms with van der Waals surface area (Å²) in [6, 6.07) is 22.2. The first kappa shape index (κ1) is 12.4. The Kier molecular flexibility index (Phi) is 3.92. The number of benzene rings is 2. The minimum Gasteiger partial charge on any atom is -0.338 e. The zero-order valence-corrected chi connectivity index (χ0v) is 11.2. The highest BCUT2D eigenvalue weighted by atomic mass is 15.2. The summed E-state index contributed by atoms with van der Waals surface area (Å²) < 4.78 is 0. The molecule has 0 aromatic heterocycles. The van der Waals surface area contributed by atoms with Crippen molar-refractivity contribution < 1.29 is 5.32 Å². The van der Waals surface area contributed by atoms with Crippen LogP contribution in [0.1, 0.15) is 17.2 Å². The molecule has 0 spiro atoms. The molecule has 2 N–H and O–H groups in total. The Morgan fingerprint density at radius 3 is 2.37 bits per heavy atom. The van der Waals surface area contributed by atoms with Gasteiger partial charge in [-0.25, -0.2) is 0 Å². The average molecular weight is 253 g/mol. The third-order valence-corrected chi connectivity index (χ3v) is 3.83. The fourth-order valence-corrected chi connectivity index (χ4v) is 2.83. The van der Waals surface area contributed by atoms with Crippen LogP contribution in [0, 0.1) is 0 Å². The Morgan fingerprint density at radius 1 is 0.947 bits per heavy atom. The minimum absolute atomic E-state index is 0.582. The molecule has 2 nitrogen and oxygen atoms in total. The number of nitrogens with zero attached hydrogens (tertiary/aromatic N) is 1. The maximum absolute atomic E-state index is 2.56. The average Bonchev–Trinajstić information content (AvgIpc) is 2.49. The molecule has 1 fully saturated rings. The van der Waals surface area contributed by atoms with Crippen molar-refractivity contribution in [2.45, 2.75) is 12.6 Å². The van der Waals surface area contributed by atoms with Crippen LogP contribution in [-0.4, -0.2) is 24.5 Å². The largest absolute Gasteiger partial charge is 0.338 e. The van der Waals surface area contributed by atoms with Gasteiger partial charge in [0.1, 0.15) is 6.04 Å². The van der Waals surface area contributed by atoms with Gasteiger partial charge in [0.15, 0.2) is 0 Å². The molecule has 0 amide bonds. The fourth-order valence-electron chi connectivity index (χ4n) is 2.83. The van der Waals surface area contributed by atoms with E-state index in [1.807, 2.05) is 0 Å². The third-order valence-electron chi connectivity index (χ3n) is 3.83. The molecule has 2 aromatic rings. The molecule has 1 heterocycles. The molecule has 1 aliphatic heterocycles. The summed E-state index contributed by atoms with van der Waals surface area (Å²) in [6.45, 7) is 4.57. The van der Waals surface area contributed by atoms with Crippen molar-refractivity contribution in [1.82, 2.24) is 4.90 Å². The summed E-state index contributed by atoms with van der Waals surface area (Å²) in [5, 5.41) is 2.47. The van der Waals surface area contributed by atoms with Gasteiger partial charge in [0.2, 0.25) is 0 Å². The minimum atomic E-state index is 0.582. The van der Waals surface area contributed by atoms with Crippen LogP contribution in [0.4, 0.5) is 0 Å². The second-order valence-corrected chi connectivity index (χ2v) is 5.26. The van der Waals surface area contributed by atoms with Crippen LogP contribution in [-0.2, 0) is 6.54 Å². The maximum Gasteiger partial charge on any atom is 0.124 e. The molecule has 0 saturated carbocycles. The van der Waals surface area contributed by atoms with E-state index in [-0.39, 0.29) is 0 Å². The second kappa shape index (κ2) is 6.00. The summed E-state index contributed by atoms with van der Waals surface area (Å²) in [7, 11) is 0. The number of quaternary nitrogens is 1. The zero-order chi connectivity index (χ0) is 12.9. The Bertz CT molecular complexity index is 495. The van der Waals surface area contributed by atoms with Crippen molar-refractivity contribution in [2.24, 2.45) is 0 Å². The smallest absolute Gasteiger partial charge is 0.124 e. The van der Waals surface area contributed by atoms with Crippen molar-refractivity contribution in [3.05, 3.63) is 71.8 Å². The highest BCUT2D eigenvalue weighted by Gasteiger charge is 2.23. The van der Waals surface area contributed by atoms with Gasteiger partial charge in [-0.05, 0) is 5.56 Å². The topological polar surface area (TPSA) is 19.9 Å². The lowest BCUT2D eigenvalue weighted by atomic mass is 10.0. The molecule has 1 atom stereocenters. The monoisotopic (exact) mass is 253 g/mol. The summed E-state index contributed by atoms with van der Waals surface area (Å²) >= 11 is 0. The number of hydrogen-bond acceptors (Lipinski definition) is 1. The van der Waals surface area contributed by atoms with Gasteiger partial charge < -0.3 is 5.32 Å². The van der Waals surface area contributed by atoms with Crippen LogP contribution in [0.15, 0.2) is 60.7 Å². The van der Waals surface area contributed by atoms with E-state index in [1.54, 1.807) is 0 Å². The number of nitrogens with two attached hydrogens (primary N) is 1. The second-order valence-electron chi connectivity index (χ2n) is 5.26. The van der Waals surface area contributed by atoms with Crippen molar-refractivity contribution >= 4 is 0 Å². The lowest BCUT2D eigenvalue weighted by molar-refractivity contribution is -0.705. The molecule has 2 aromatic carbocycles. The number of piperazine rings is 1. The lowest BCUT2D eigenvalue weighted by Crippen LogP contribution is -2.90. The van der Waals surface area contributed by atoms with Crippen LogP contribution < -0.4 is 5.32 Å². The number of rotatable bonds is 3. The quantitative estimate of drug-likeness (QED) is 0.884. The highest BCUT2D eigenvalue weighted by Crippen LogP contribution is 2.14. The standard InChI is InChI=1S/C17H20N2/c1-3-7-15(8-4-1)13-19-12-11-18-17(14-19)16-9-5-2-6-10-16/h1-10,17-18H,11-14H2/p+1/t17-/m1/s1. The maximum atomic E-state index is 2.56. The van der Waals surface area contributed by atoms with E-state index in [0.29, 0.717) is 6.04 Å². The summed E-state index contributed by atoms with van der Waals surface area (Å²) in [6.07, 6.45) is 0. The van der Waals surface area contributed by atoms with Gasteiger partial charge in [0, 0.05) is 18.7 Å². The van der Waals surface area contributed by atoms with Gasteiger partial charge in [-0.15, -0.1) is 0 Å². The SMILES string of the molecule is c1ccc(CN2CC[NH2+][C@@H](c3ccccc3)C2)cc1. The molecule has 0 radical (unpaired) electrons. The molecule has 0 unspecified atom stereocenters. The zero-order valence-electron chi connectivity index (χ0n) is 11.2. The van der Waals surface area contributed by atoms with Gasteiger partial charge in [-0.1, -0.05) is 60.7 Å². The van der Waals surface area contributed by atoms with Crippen LogP contribution in [0.3, 0.4) is 0 Å². The Labute approximate surface area is 115 Å². The van der Waals surface area contributed by atoms with E-state index in [9.17, 15) is 0 Å². The van der Waals surface area contributed by atoms with Crippen LogP contribution in [0.25, 0.3) is 0 Å². The van der Waals surface area contributed by atoms with E-state index >= 15 is 0 Å². The number of hydrogen-bond donors (Lipinski definition) is 1. The predicted octanol–water partition coefficient (Wildman–Crippen LogP) is 1.81. The van der Waals surface area contributed by atoms with E-state index in [2.05, 4.69) is 70.9 Å². The van der Waals surface area contributed by atoms with Gasteiger partial charge >= 0.3 is 0 Å². The summed E-state index contributed by atoms with van der Waals surface area (Å²) in [5.74, 6) is 0. The molecule has 2 heteroatoms. The first-order valence-corrected chi connectivity index (χ1v) is 7.06. The van der Waals surface area contributed by atoms with Crippen molar-refractivity contribution in [3.63, 3.8) is 0 Å². The normalized spacial score (nSPS) is 20.3. The van der Waals surface area contributed by atoms with Crippen molar-refractivity contribution in [3.8, 4) is 0 Å². The van der Waals surface area contributed by atoms with Gasteiger partial charge in [0.05, 0.1) is 13.1 Å². The molecule has 0 bridgehead atoms. The first-order chi connectivity index (χ1) is 9.42.